The topological polar surface area (TPSA) is 139 Å². The summed E-state index contributed by atoms with van der Waals surface area (Å²) in [6.45, 7) is 20.7. The number of urea groups is 1. The summed E-state index contributed by atoms with van der Waals surface area (Å²) < 4.78 is 6.14. The first-order chi connectivity index (χ1) is 22.6. The molecule has 1 aliphatic heterocycles. The average molecular weight is 682 g/mol. The SMILES string of the molecule is CC(C)C1C(=O)C[C@]2(NC(=O)N3CC[C@H](N)C3)CC[C@]3(C)C(=C12)CCC1[C@@]2(C)CC[C@H](OC(=O)CC(C)(C)C(=O)O)C(C)(C)C2CC[C@]13C. The van der Waals surface area contributed by atoms with E-state index >= 15 is 0 Å². The summed E-state index contributed by atoms with van der Waals surface area (Å²) in [5.41, 5.74) is 6.83. The van der Waals surface area contributed by atoms with E-state index in [0.29, 0.717) is 31.3 Å². The van der Waals surface area contributed by atoms with Crippen molar-refractivity contribution in [3.63, 3.8) is 0 Å². The zero-order valence-electron chi connectivity index (χ0n) is 31.7. The van der Waals surface area contributed by atoms with Crippen LogP contribution in [-0.4, -0.2) is 64.5 Å². The molecule has 0 radical (unpaired) electrons. The van der Waals surface area contributed by atoms with E-state index in [2.05, 4.69) is 53.8 Å². The van der Waals surface area contributed by atoms with Crippen LogP contribution in [0.3, 0.4) is 0 Å². The highest BCUT2D eigenvalue weighted by molar-refractivity contribution is 5.92. The third-order valence-electron chi connectivity index (χ3n) is 15.6. The number of nitrogens with zero attached hydrogens (tertiary/aromatic N) is 1. The van der Waals surface area contributed by atoms with Crippen molar-refractivity contribution in [1.29, 1.82) is 0 Å². The highest BCUT2D eigenvalue weighted by Crippen LogP contribution is 2.75. The highest BCUT2D eigenvalue weighted by atomic mass is 16.5. The monoisotopic (exact) mass is 681 g/mol. The van der Waals surface area contributed by atoms with E-state index in [1.165, 1.54) is 11.1 Å². The number of aliphatic carboxylic acids is 1. The van der Waals surface area contributed by atoms with E-state index in [1.807, 2.05) is 4.90 Å². The lowest BCUT2D eigenvalue weighted by atomic mass is 9.34. The number of fused-ring (bicyclic) bond motifs is 6. The van der Waals surface area contributed by atoms with E-state index in [-0.39, 0.29) is 63.9 Å². The van der Waals surface area contributed by atoms with Gasteiger partial charge in [-0.25, -0.2) is 4.79 Å². The Bertz CT molecular complexity index is 1450. The van der Waals surface area contributed by atoms with Crippen molar-refractivity contribution in [2.45, 2.75) is 151 Å². The molecule has 5 fully saturated rings. The number of nitrogens with one attached hydrogen (secondary N) is 1. The number of amides is 2. The van der Waals surface area contributed by atoms with Gasteiger partial charge in [-0.05, 0) is 111 Å². The van der Waals surface area contributed by atoms with Gasteiger partial charge in [0.05, 0.1) is 17.4 Å². The molecule has 0 aromatic carbocycles. The number of carbonyl (C=O) groups excluding carboxylic acids is 3. The number of hydrogen-bond acceptors (Lipinski definition) is 6. The molecule has 3 unspecified atom stereocenters. The fraction of sp³-hybridized carbons (Fsp3) is 0.850. The Morgan fingerprint density at radius 1 is 1.00 bits per heavy atom. The lowest BCUT2D eigenvalue weighted by Crippen LogP contribution is -2.65. The predicted molar refractivity (Wildman–Crippen MR) is 188 cm³/mol. The standard InChI is InChI=1S/C40H63N3O6/c1-23(2)31-26(44)20-40(42-34(48)43-19-14-24(41)22-43)18-17-38(8)25(32(31)40)10-11-28-37(7)15-13-29(49-30(45)21-35(3,4)33(46)47)36(5,6)27(37)12-16-39(28,38)9/h23-24,27-29,31H,10-22,41H2,1-9H3,(H,42,48)(H,46,47)/t24-,27?,28?,29-,31?,37-,38+,39+,40+/m0/s1. The normalized spacial score (nSPS) is 41.5. The van der Waals surface area contributed by atoms with Crippen LogP contribution in [0.1, 0.15) is 133 Å². The van der Waals surface area contributed by atoms with E-state index in [0.717, 1.165) is 57.8 Å². The average Bonchev–Trinajstić information content (AvgIpc) is 3.55. The number of likely N-dealkylation sites (tertiary alicyclic amines) is 1. The largest absolute Gasteiger partial charge is 0.481 e. The first-order valence-electron chi connectivity index (χ1n) is 19.2. The number of carbonyl (C=O) groups is 4. The minimum Gasteiger partial charge on any atom is -0.481 e. The summed E-state index contributed by atoms with van der Waals surface area (Å²) in [4.78, 5) is 54.3. The van der Waals surface area contributed by atoms with Gasteiger partial charge in [0.15, 0.2) is 0 Å². The Kier molecular flexibility index (Phi) is 8.77. The molecule has 6 aliphatic rings. The molecule has 49 heavy (non-hydrogen) atoms. The molecule has 0 aromatic heterocycles. The minimum atomic E-state index is -1.17. The van der Waals surface area contributed by atoms with Gasteiger partial charge in [0, 0.05) is 36.9 Å². The second-order valence-corrected chi connectivity index (χ2v) is 19.4. The quantitative estimate of drug-likeness (QED) is 0.205. The second kappa shape index (κ2) is 11.8. The molecule has 0 bridgehead atoms. The Hall–Kier alpha value is -2.42. The molecule has 0 aromatic rings. The van der Waals surface area contributed by atoms with Crippen LogP contribution >= 0.6 is 0 Å². The first kappa shape index (κ1) is 36.4. The molecule has 1 heterocycles. The van der Waals surface area contributed by atoms with E-state index in [4.69, 9.17) is 10.5 Å². The van der Waals surface area contributed by atoms with Crippen molar-refractivity contribution in [3.8, 4) is 0 Å². The summed E-state index contributed by atoms with van der Waals surface area (Å²) >= 11 is 0. The van der Waals surface area contributed by atoms with Crippen LogP contribution in [-0.2, 0) is 19.1 Å². The van der Waals surface area contributed by atoms with Gasteiger partial charge in [0.1, 0.15) is 11.9 Å². The molecule has 4 saturated carbocycles. The highest BCUT2D eigenvalue weighted by Gasteiger charge is 2.69. The van der Waals surface area contributed by atoms with Gasteiger partial charge in [-0.15, -0.1) is 0 Å². The predicted octanol–water partition coefficient (Wildman–Crippen LogP) is 6.87. The number of Topliss-reactive ketones (excluding diaryl/α,β-unsaturated/α-hetero) is 1. The van der Waals surface area contributed by atoms with E-state index < -0.39 is 22.9 Å². The molecule has 2 amide bonds. The van der Waals surface area contributed by atoms with Crippen molar-refractivity contribution >= 4 is 23.8 Å². The third-order valence-corrected chi connectivity index (χ3v) is 15.6. The summed E-state index contributed by atoms with van der Waals surface area (Å²) in [6.07, 6.45) is 8.36. The number of allylic oxidation sites excluding steroid dienone is 1. The number of carboxylic acids is 1. The molecule has 1 saturated heterocycles. The van der Waals surface area contributed by atoms with Crippen LogP contribution in [0.15, 0.2) is 11.1 Å². The summed E-state index contributed by atoms with van der Waals surface area (Å²) in [6, 6.07) is -0.0711. The molecule has 6 rings (SSSR count). The number of esters is 1. The number of ketones is 1. The fourth-order valence-electron chi connectivity index (χ4n) is 12.7. The number of ether oxygens (including phenoxy) is 1. The van der Waals surface area contributed by atoms with Crippen molar-refractivity contribution in [3.05, 3.63) is 11.1 Å². The molecule has 9 atom stereocenters. The number of nitrogens with two attached hydrogens (primary N) is 1. The molecule has 274 valence electrons. The van der Waals surface area contributed by atoms with Crippen molar-refractivity contribution in [2.75, 3.05) is 13.1 Å². The van der Waals surface area contributed by atoms with Gasteiger partial charge >= 0.3 is 18.0 Å². The minimum absolute atomic E-state index is 0.00671. The van der Waals surface area contributed by atoms with Crippen molar-refractivity contribution < 1.29 is 29.0 Å². The van der Waals surface area contributed by atoms with Gasteiger partial charge in [-0.1, -0.05) is 54.0 Å². The Morgan fingerprint density at radius 3 is 2.31 bits per heavy atom. The summed E-state index contributed by atoms with van der Waals surface area (Å²) in [5, 5.41) is 13.1. The van der Waals surface area contributed by atoms with Gasteiger partial charge < -0.3 is 25.8 Å². The first-order valence-corrected chi connectivity index (χ1v) is 19.2. The van der Waals surface area contributed by atoms with Gasteiger partial charge in [0.2, 0.25) is 0 Å². The molecule has 4 N–H and O–H groups in total. The molecule has 9 heteroatoms. The fourth-order valence-corrected chi connectivity index (χ4v) is 12.7. The van der Waals surface area contributed by atoms with Crippen LogP contribution in [0.4, 0.5) is 4.79 Å². The third kappa shape index (κ3) is 5.40. The van der Waals surface area contributed by atoms with Crippen LogP contribution in [0.5, 0.6) is 0 Å². The zero-order valence-corrected chi connectivity index (χ0v) is 31.7. The molecule has 9 nitrogen and oxygen atoms in total. The second-order valence-electron chi connectivity index (χ2n) is 19.4. The number of carboxylic acid groups (broad SMARTS) is 1. The van der Waals surface area contributed by atoms with Gasteiger partial charge in [-0.2, -0.15) is 0 Å². The van der Waals surface area contributed by atoms with E-state index in [9.17, 15) is 24.3 Å². The summed E-state index contributed by atoms with van der Waals surface area (Å²) in [7, 11) is 0. The number of hydrogen-bond donors (Lipinski definition) is 3. The summed E-state index contributed by atoms with van der Waals surface area (Å²) in [5.74, 6) is -0.324. The van der Waals surface area contributed by atoms with Crippen LogP contribution in [0, 0.1) is 50.7 Å². The molecule has 5 aliphatic carbocycles. The van der Waals surface area contributed by atoms with Gasteiger partial charge in [-0.3, -0.25) is 14.4 Å². The maximum absolute atomic E-state index is 13.9. The Labute approximate surface area is 293 Å². The Balaban J connectivity index is 1.31. The maximum Gasteiger partial charge on any atom is 0.318 e. The zero-order chi connectivity index (χ0) is 36.1. The van der Waals surface area contributed by atoms with E-state index in [1.54, 1.807) is 13.8 Å². The molecular formula is C40H63N3O6. The maximum atomic E-state index is 13.9. The van der Waals surface area contributed by atoms with Crippen molar-refractivity contribution in [2.24, 2.45) is 56.5 Å². The molecular weight excluding hydrogens is 618 g/mol. The molecule has 0 spiro atoms. The van der Waals surface area contributed by atoms with Crippen LogP contribution < -0.4 is 11.1 Å². The smallest absolute Gasteiger partial charge is 0.318 e. The van der Waals surface area contributed by atoms with Crippen molar-refractivity contribution in [1.82, 2.24) is 10.2 Å². The lowest BCUT2D eigenvalue weighted by molar-refractivity contribution is -0.214. The van der Waals surface area contributed by atoms with Crippen LogP contribution in [0.2, 0.25) is 0 Å². The van der Waals surface area contributed by atoms with Crippen LogP contribution in [0.25, 0.3) is 0 Å². The van der Waals surface area contributed by atoms with Gasteiger partial charge in [0.25, 0.3) is 0 Å². The number of rotatable bonds is 6. The Morgan fingerprint density at radius 2 is 1.69 bits per heavy atom. The lowest BCUT2D eigenvalue weighted by Gasteiger charge is -2.70.